The molecule has 1 aliphatic rings. The molecule has 0 saturated carbocycles. The van der Waals surface area contributed by atoms with Crippen molar-refractivity contribution in [3.05, 3.63) is 12.3 Å². The Kier molecular flexibility index (Phi) is 2.83. The lowest BCUT2D eigenvalue weighted by atomic mass is 10.3. The van der Waals surface area contributed by atoms with Crippen LogP contribution in [0.15, 0.2) is 17.3 Å². The van der Waals surface area contributed by atoms with E-state index in [1.165, 1.54) is 0 Å². The minimum atomic E-state index is 0.230. The van der Waals surface area contributed by atoms with E-state index < -0.39 is 0 Å². The summed E-state index contributed by atoms with van der Waals surface area (Å²) in [7, 11) is 0. The van der Waals surface area contributed by atoms with Crippen molar-refractivity contribution in [3.63, 3.8) is 0 Å². The first-order valence-corrected chi connectivity index (χ1v) is 3.69. The molecule has 0 aromatic heterocycles. The van der Waals surface area contributed by atoms with E-state index in [-0.39, 0.29) is 5.78 Å². The lowest BCUT2D eigenvalue weighted by Crippen LogP contribution is -2.22. The van der Waals surface area contributed by atoms with E-state index in [4.69, 9.17) is 0 Å². The Balaban J connectivity index is 2.22. The Morgan fingerprint density at radius 3 is 3.09 bits per heavy atom. The van der Waals surface area contributed by atoms with E-state index >= 15 is 0 Å². The Morgan fingerprint density at radius 2 is 2.55 bits per heavy atom. The maximum atomic E-state index is 10.6. The molecule has 60 valence electrons. The monoisotopic (exact) mass is 152 g/mol. The van der Waals surface area contributed by atoms with Crippen LogP contribution < -0.4 is 0 Å². The van der Waals surface area contributed by atoms with Gasteiger partial charge in [-0.05, 0) is 13.0 Å². The molecule has 0 atom stereocenters. The predicted molar refractivity (Wildman–Crippen MR) is 44.5 cm³/mol. The van der Waals surface area contributed by atoms with Crippen molar-refractivity contribution >= 4 is 12.0 Å². The van der Waals surface area contributed by atoms with Crippen LogP contribution in [0.2, 0.25) is 0 Å². The molecule has 0 saturated heterocycles. The van der Waals surface area contributed by atoms with E-state index in [2.05, 4.69) is 4.99 Å². The number of ketones is 1. The molecule has 0 radical (unpaired) electrons. The van der Waals surface area contributed by atoms with E-state index in [0.717, 1.165) is 6.54 Å². The van der Waals surface area contributed by atoms with Gasteiger partial charge in [0.25, 0.3) is 0 Å². The van der Waals surface area contributed by atoms with Crippen molar-refractivity contribution in [1.29, 1.82) is 0 Å². The number of Topliss-reactive ketones (excluding diaryl/α,β-unsaturated/α-hetero) is 1. The molecule has 0 spiro atoms. The second-order valence-corrected chi connectivity index (χ2v) is 2.58. The van der Waals surface area contributed by atoms with Gasteiger partial charge < -0.3 is 4.90 Å². The molecule has 0 bridgehead atoms. The van der Waals surface area contributed by atoms with Gasteiger partial charge in [-0.1, -0.05) is 0 Å². The van der Waals surface area contributed by atoms with Crippen LogP contribution >= 0.6 is 0 Å². The highest BCUT2D eigenvalue weighted by atomic mass is 16.1. The molecule has 3 heteroatoms. The maximum Gasteiger partial charge on any atom is 0.131 e. The van der Waals surface area contributed by atoms with Gasteiger partial charge in [0.15, 0.2) is 0 Å². The standard InChI is InChI=1S/C8H12N2O/c1-8(11)3-6-10-5-2-4-9-7-10/h2,4-5H,3,6-7H2,1H3. The lowest BCUT2D eigenvalue weighted by Gasteiger charge is -2.18. The molecular formula is C8H12N2O. The Morgan fingerprint density at radius 1 is 1.73 bits per heavy atom. The molecule has 0 N–H and O–H groups in total. The highest BCUT2D eigenvalue weighted by Crippen LogP contribution is 1.97. The predicted octanol–water partition coefficient (Wildman–Crippen LogP) is 0.823. The summed E-state index contributed by atoms with van der Waals surface area (Å²) in [6.07, 6.45) is 6.21. The second kappa shape index (κ2) is 3.91. The van der Waals surface area contributed by atoms with Gasteiger partial charge in [0.1, 0.15) is 12.5 Å². The molecule has 0 aromatic rings. The first-order chi connectivity index (χ1) is 5.29. The lowest BCUT2D eigenvalue weighted by molar-refractivity contribution is -0.117. The van der Waals surface area contributed by atoms with E-state index in [9.17, 15) is 4.79 Å². The molecule has 0 unspecified atom stereocenters. The van der Waals surface area contributed by atoms with Crippen LogP contribution in [0.25, 0.3) is 0 Å². The smallest absolute Gasteiger partial charge is 0.131 e. The van der Waals surface area contributed by atoms with Crippen molar-refractivity contribution in [1.82, 2.24) is 4.90 Å². The van der Waals surface area contributed by atoms with E-state index in [0.29, 0.717) is 13.1 Å². The van der Waals surface area contributed by atoms with Crippen LogP contribution in [-0.2, 0) is 4.79 Å². The number of nitrogens with zero attached hydrogens (tertiary/aromatic N) is 2. The summed E-state index contributed by atoms with van der Waals surface area (Å²) in [5.74, 6) is 0.230. The molecule has 1 heterocycles. The summed E-state index contributed by atoms with van der Waals surface area (Å²) >= 11 is 0. The van der Waals surface area contributed by atoms with E-state index in [1.807, 2.05) is 17.2 Å². The number of allylic oxidation sites excluding steroid dienone is 1. The van der Waals surface area contributed by atoms with E-state index in [1.54, 1.807) is 13.1 Å². The third-order valence-corrected chi connectivity index (χ3v) is 1.50. The van der Waals surface area contributed by atoms with Gasteiger partial charge in [0, 0.05) is 25.4 Å². The molecule has 3 nitrogen and oxygen atoms in total. The molecule has 11 heavy (non-hydrogen) atoms. The molecule has 1 rings (SSSR count). The number of carbonyl (C=O) groups is 1. The third kappa shape index (κ3) is 2.98. The number of hydrogen-bond acceptors (Lipinski definition) is 3. The van der Waals surface area contributed by atoms with Crippen LogP contribution in [0.5, 0.6) is 0 Å². The fourth-order valence-corrected chi connectivity index (χ4v) is 0.867. The first kappa shape index (κ1) is 7.98. The average Bonchev–Trinajstić information content (AvgIpc) is 2.03. The van der Waals surface area contributed by atoms with Crippen LogP contribution in [0.1, 0.15) is 13.3 Å². The summed E-state index contributed by atoms with van der Waals surface area (Å²) in [4.78, 5) is 16.7. The average molecular weight is 152 g/mol. The zero-order chi connectivity index (χ0) is 8.10. The summed E-state index contributed by atoms with van der Waals surface area (Å²) in [6.45, 7) is 3.07. The van der Waals surface area contributed by atoms with Crippen molar-refractivity contribution in [3.8, 4) is 0 Å². The number of rotatable bonds is 3. The fraction of sp³-hybridized carbons (Fsp3) is 0.500. The number of aliphatic imine (C=N–C) groups is 1. The highest BCUT2D eigenvalue weighted by Gasteiger charge is 2.00. The summed E-state index contributed by atoms with van der Waals surface area (Å²) < 4.78 is 0. The van der Waals surface area contributed by atoms with Gasteiger partial charge in [-0.2, -0.15) is 0 Å². The third-order valence-electron chi connectivity index (χ3n) is 1.50. The SMILES string of the molecule is CC(=O)CCN1C=CC=NC1. The minimum absolute atomic E-state index is 0.230. The fourth-order valence-electron chi connectivity index (χ4n) is 0.867. The van der Waals surface area contributed by atoms with Crippen molar-refractivity contribution in [2.45, 2.75) is 13.3 Å². The minimum Gasteiger partial charge on any atom is -0.358 e. The molecular weight excluding hydrogens is 140 g/mol. The number of carbonyl (C=O) groups excluding carboxylic acids is 1. The molecule has 0 aromatic carbocycles. The quantitative estimate of drug-likeness (QED) is 0.600. The van der Waals surface area contributed by atoms with Crippen LogP contribution in [-0.4, -0.2) is 30.1 Å². The summed E-state index contributed by atoms with van der Waals surface area (Å²) in [5.41, 5.74) is 0. The van der Waals surface area contributed by atoms with Gasteiger partial charge in [-0.3, -0.25) is 9.79 Å². The van der Waals surface area contributed by atoms with Gasteiger partial charge in [0.05, 0.1) is 0 Å². The molecule has 0 fully saturated rings. The molecule has 1 aliphatic heterocycles. The maximum absolute atomic E-state index is 10.6. The Bertz CT molecular complexity index is 196. The van der Waals surface area contributed by atoms with Crippen LogP contribution in [0, 0.1) is 0 Å². The van der Waals surface area contributed by atoms with Gasteiger partial charge in [-0.25, -0.2) is 0 Å². The first-order valence-electron chi connectivity index (χ1n) is 3.69. The van der Waals surface area contributed by atoms with Crippen molar-refractivity contribution in [2.24, 2.45) is 4.99 Å². The zero-order valence-corrected chi connectivity index (χ0v) is 6.66. The van der Waals surface area contributed by atoms with Crippen LogP contribution in [0.4, 0.5) is 0 Å². The zero-order valence-electron chi connectivity index (χ0n) is 6.66. The number of hydrogen-bond donors (Lipinski definition) is 0. The molecule has 0 aliphatic carbocycles. The van der Waals surface area contributed by atoms with Crippen LogP contribution in [0.3, 0.4) is 0 Å². The molecule has 0 amide bonds. The summed E-state index contributed by atoms with van der Waals surface area (Å²) in [5, 5.41) is 0. The normalized spacial score (nSPS) is 15.5. The highest BCUT2D eigenvalue weighted by molar-refractivity contribution is 5.75. The second-order valence-electron chi connectivity index (χ2n) is 2.58. The Labute approximate surface area is 66.4 Å². The largest absolute Gasteiger partial charge is 0.358 e. The topological polar surface area (TPSA) is 32.7 Å². The van der Waals surface area contributed by atoms with Gasteiger partial charge >= 0.3 is 0 Å². The Hall–Kier alpha value is -1.12. The van der Waals surface area contributed by atoms with Gasteiger partial charge in [-0.15, -0.1) is 0 Å². The van der Waals surface area contributed by atoms with Crippen molar-refractivity contribution in [2.75, 3.05) is 13.2 Å². The van der Waals surface area contributed by atoms with Gasteiger partial charge in [0.2, 0.25) is 0 Å². The summed E-state index contributed by atoms with van der Waals surface area (Å²) in [6, 6.07) is 0. The van der Waals surface area contributed by atoms with Crippen molar-refractivity contribution < 1.29 is 4.79 Å².